The fraction of sp³-hybridized carbons (Fsp3) is 0.763. The lowest BCUT2D eigenvalue weighted by Crippen LogP contribution is -2.68. The summed E-state index contributed by atoms with van der Waals surface area (Å²) in [5.41, 5.74) is 0.109. The van der Waals surface area contributed by atoms with Crippen LogP contribution in [0.4, 0.5) is 0 Å². The number of carboxylic acid groups (broad SMARTS) is 1. The van der Waals surface area contributed by atoms with Crippen LogP contribution in [0.15, 0.2) is 24.3 Å². The van der Waals surface area contributed by atoms with E-state index in [1.54, 1.807) is 18.2 Å². The van der Waals surface area contributed by atoms with Crippen LogP contribution in [0.2, 0.25) is 0 Å². The van der Waals surface area contributed by atoms with Gasteiger partial charge in [-0.25, -0.2) is 9.59 Å². The highest BCUT2D eigenvalue weighted by atomic mass is 16.6. The predicted molar refractivity (Wildman–Crippen MR) is 167 cm³/mol. The van der Waals surface area contributed by atoms with Crippen molar-refractivity contribution in [3.8, 4) is 0 Å². The number of carboxylic acids is 1. The van der Waals surface area contributed by atoms with E-state index in [0.717, 1.165) is 51.4 Å². The van der Waals surface area contributed by atoms with Crippen molar-refractivity contribution < 1.29 is 29.0 Å². The largest absolute Gasteiger partial charge is 0.478 e. The quantitative estimate of drug-likeness (QED) is 0.349. The summed E-state index contributed by atoms with van der Waals surface area (Å²) in [6.45, 7) is 16.9. The summed E-state index contributed by atoms with van der Waals surface area (Å²) in [7, 11) is 0. The summed E-state index contributed by atoms with van der Waals surface area (Å²) in [6.07, 6.45) is 10.3. The van der Waals surface area contributed by atoms with Crippen LogP contribution in [0.1, 0.15) is 133 Å². The standard InChI is InChI=1S/C38H52O6/c1-33(2)18-20-38-21-19-36(6)24(28(38)29(33)44-32(38)42)12-13-26-35(5)16-15-27(34(3,4)25(35)14-17-37(26,36)7)43-31(41)23-11-9-8-10-22(23)30(39)40/h8-11,24-29H,12-21H2,1-7H3,(H,39,40)/t24-,25-,26-,27+,28+,29-,35+,36-,37-,38-/m1/s1. The molecule has 1 heterocycles. The van der Waals surface area contributed by atoms with Crippen molar-refractivity contribution in [1.82, 2.24) is 0 Å². The first-order valence-corrected chi connectivity index (χ1v) is 17.3. The molecule has 6 heteroatoms. The molecule has 5 saturated carbocycles. The van der Waals surface area contributed by atoms with Gasteiger partial charge in [0.15, 0.2) is 0 Å². The molecule has 0 radical (unpaired) electrons. The van der Waals surface area contributed by atoms with E-state index >= 15 is 0 Å². The van der Waals surface area contributed by atoms with Gasteiger partial charge in [0.05, 0.1) is 16.5 Å². The molecule has 1 N–H and O–H groups in total. The number of aromatic carboxylic acids is 1. The normalized spacial score (nSPS) is 46.4. The zero-order chi connectivity index (χ0) is 31.7. The van der Waals surface area contributed by atoms with Crippen molar-refractivity contribution >= 4 is 17.9 Å². The molecule has 44 heavy (non-hydrogen) atoms. The summed E-state index contributed by atoms with van der Waals surface area (Å²) < 4.78 is 12.5. The summed E-state index contributed by atoms with van der Waals surface area (Å²) in [6, 6.07) is 6.36. The third-order valence-electron chi connectivity index (χ3n) is 15.6. The maximum atomic E-state index is 13.5. The van der Waals surface area contributed by atoms with Gasteiger partial charge in [-0.3, -0.25) is 4.79 Å². The van der Waals surface area contributed by atoms with E-state index in [-0.39, 0.29) is 61.8 Å². The Morgan fingerprint density at radius 2 is 1.48 bits per heavy atom. The van der Waals surface area contributed by atoms with Crippen LogP contribution in [-0.2, 0) is 14.3 Å². The molecule has 1 aliphatic heterocycles. The molecule has 6 aliphatic rings. The highest BCUT2D eigenvalue weighted by molar-refractivity contribution is 6.02. The van der Waals surface area contributed by atoms with E-state index in [9.17, 15) is 19.5 Å². The fourth-order valence-electron chi connectivity index (χ4n) is 13.1. The van der Waals surface area contributed by atoms with Crippen LogP contribution in [0, 0.1) is 56.2 Å². The number of ether oxygens (including phenoxy) is 2. The molecule has 10 atom stereocenters. The lowest BCUT2D eigenvalue weighted by Gasteiger charge is -2.73. The fourth-order valence-corrected chi connectivity index (χ4v) is 13.1. The zero-order valence-corrected chi connectivity index (χ0v) is 27.8. The Morgan fingerprint density at radius 1 is 0.795 bits per heavy atom. The van der Waals surface area contributed by atoms with Crippen molar-refractivity contribution in [3.05, 3.63) is 35.4 Å². The minimum absolute atomic E-state index is 0.00876. The van der Waals surface area contributed by atoms with Crippen molar-refractivity contribution in [3.63, 3.8) is 0 Å². The second kappa shape index (κ2) is 9.35. The van der Waals surface area contributed by atoms with Crippen LogP contribution < -0.4 is 0 Å². The summed E-state index contributed by atoms with van der Waals surface area (Å²) in [5, 5.41) is 9.65. The van der Waals surface area contributed by atoms with Gasteiger partial charge in [0, 0.05) is 16.7 Å². The average Bonchev–Trinajstić information content (AvgIpc) is 3.22. The van der Waals surface area contributed by atoms with Gasteiger partial charge in [-0.1, -0.05) is 60.6 Å². The number of carbonyl (C=O) groups is 3. The minimum atomic E-state index is -1.11. The molecular weight excluding hydrogens is 552 g/mol. The van der Waals surface area contributed by atoms with Gasteiger partial charge in [-0.2, -0.15) is 0 Å². The van der Waals surface area contributed by atoms with E-state index in [4.69, 9.17) is 9.47 Å². The van der Waals surface area contributed by atoms with E-state index in [0.29, 0.717) is 23.7 Å². The van der Waals surface area contributed by atoms with Crippen molar-refractivity contribution in [1.29, 1.82) is 0 Å². The van der Waals surface area contributed by atoms with Gasteiger partial charge >= 0.3 is 17.9 Å². The molecule has 2 bridgehead atoms. The number of rotatable bonds is 3. The molecule has 0 unspecified atom stereocenters. The Labute approximate surface area is 263 Å². The molecular formula is C38H52O6. The monoisotopic (exact) mass is 604 g/mol. The number of benzene rings is 1. The number of hydrogen-bond donors (Lipinski definition) is 1. The van der Waals surface area contributed by atoms with Crippen LogP contribution in [0.3, 0.4) is 0 Å². The SMILES string of the molecule is CC1(C)CC[C@@]23CC[C@]4(C)[C@H](CC[C@@H]5[C@@]6(C)CC[C@H](OC(=O)c7ccccc7C(=O)O)C(C)(C)[C@H]6CC[C@]54C)[C@H]2[C@H]1OC3=O. The van der Waals surface area contributed by atoms with Crippen LogP contribution >= 0.6 is 0 Å². The van der Waals surface area contributed by atoms with Crippen molar-refractivity contribution in [2.24, 2.45) is 56.2 Å². The summed E-state index contributed by atoms with van der Waals surface area (Å²) in [4.78, 5) is 38.7. The molecule has 0 aromatic heterocycles. The molecule has 6 nitrogen and oxygen atoms in total. The highest BCUT2D eigenvalue weighted by Crippen LogP contribution is 2.78. The molecule has 7 rings (SSSR count). The van der Waals surface area contributed by atoms with E-state index in [2.05, 4.69) is 48.5 Å². The molecule has 1 aromatic rings. The third kappa shape index (κ3) is 3.69. The van der Waals surface area contributed by atoms with Crippen molar-refractivity contribution in [2.75, 3.05) is 0 Å². The zero-order valence-electron chi connectivity index (χ0n) is 27.8. The summed E-state index contributed by atoms with van der Waals surface area (Å²) >= 11 is 0. The third-order valence-corrected chi connectivity index (χ3v) is 15.6. The molecule has 6 fully saturated rings. The van der Waals surface area contributed by atoms with Gasteiger partial charge in [0.2, 0.25) is 0 Å². The first-order chi connectivity index (χ1) is 20.5. The Kier molecular flexibility index (Phi) is 6.43. The van der Waals surface area contributed by atoms with Crippen LogP contribution in [0.25, 0.3) is 0 Å². The Bertz CT molecular complexity index is 1410. The van der Waals surface area contributed by atoms with Gasteiger partial charge in [-0.15, -0.1) is 0 Å². The predicted octanol–water partition coefficient (Wildman–Crippen LogP) is 8.33. The van der Waals surface area contributed by atoms with Gasteiger partial charge in [0.1, 0.15) is 12.2 Å². The number of hydrogen-bond acceptors (Lipinski definition) is 5. The van der Waals surface area contributed by atoms with E-state index < -0.39 is 11.9 Å². The molecule has 1 aromatic carbocycles. The number of carbonyl (C=O) groups excluding carboxylic acids is 2. The molecule has 0 spiro atoms. The van der Waals surface area contributed by atoms with Gasteiger partial charge in [-0.05, 0) is 110 Å². The highest BCUT2D eigenvalue weighted by Gasteiger charge is 2.75. The Hall–Kier alpha value is -2.37. The van der Waals surface area contributed by atoms with Gasteiger partial charge < -0.3 is 14.6 Å². The van der Waals surface area contributed by atoms with E-state index in [1.807, 2.05) is 0 Å². The Balaban J connectivity index is 1.17. The van der Waals surface area contributed by atoms with Gasteiger partial charge in [0.25, 0.3) is 0 Å². The molecule has 1 saturated heterocycles. The second-order valence-corrected chi connectivity index (χ2v) is 17.8. The number of esters is 2. The number of fused-ring (bicyclic) bond motifs is 5. The Morgan fingerprint density at radius 3 is 2.18 bits per heavy atom. The van der Waals surface area contributed by atoms with E-state index in [1.165, 1.54) is 18.9 Å². The second-order valence-electron chi connectivity index (χ2n) is 17.8. The molecule has 240 valence electrons. The molecule has 5 aliphatic carbocycles. The average molecular weight is 605 g/mol. The lowest BCUT2D eigenvalue weighted by atomic mass is 9.31. The lowest BCUT2D eigenvalue weighted by molar-refractivity contribution is -0.252. The van der Waals surface area contributed by atoms with Crippen molar-refractivity contribution in [2.45, 2.75) is 125 Å². The maximum Gasteiger partial charge on any atom is 0.339 e. The minimum Gasteiger partial charge on any atom is -0.478 e. The molecule has 0 amide bonds. The summed E-state index contributed by atoms with van der Waals surface area (Å²) in [5.74, 6) is 0.269. The maximum absolute atomic E-state index is 13.5. The smallest absolute Gasteiger partial charge is 0.339 e. The van der Waals surface area contributed by atoms with Crippen LogP contribution in [-0.4, -0.2) is 35.2 Å². The first kappa shape index (κ1) is 30.3. The topological polar surface area (TPSA) is 89.9 Å². The van der Waals surface area contributed by atoms with Crippen LogP contribution in [0.5, 0.6) is 0 Å². The first-order valence-electron chi connectivity index (χ1n) is 17.3.